The van der Waals surface area contributed by atoms with E-state index in [4.69, 9.17) is 5.11 Å². The molecule has 1 aromatic rings. The third-order valence-corrected chi connectivity index (χ3v) is 3.20. The van der Waals surface area contributed by atoms with Gasteiger partial charge < -0.3 is 10.4 Å². The van der Waals surface area contributed by atoms with E-state index in [9.17, 15) is 35.9 Å². The minimum atomic E-state index is -4.47. The lowest BCUT2D eigenvalue weighted by atomic mass is 10.3. The minimum absolute atomic E-state index is 0.133. The lowest BCUT2D eigenvalue weighted by molar-refractivity contribution is -0.136. The Bertz CT molecular complexity index is 695. The summed E-state index contributed by atoms with van der Waals surface area (Å²) in [5, 5.41) is 14.7. The molecule has 0 radical (unpaired) electrons. The number of aliphatic hydroxyl groups excluding tert-OH is 1. The zero-order chi connectivity index (χ0) is 20.0. The largest absolute Gasteiger partial charge is 0.395 e. The predicted octanol–water partition coefficient (Wildman–Crippen LogP) is 1.49. The highest BCUT2D eigenvalue weighted by Crippen LogP contribution is 2.22. The van der Waals surface area contributed by atoms with Crippen molar-refractivity contribution < 1.29 is 31.4 Å². The highest BCUT2D eigenvalue weighted by Gasteiger charge is 2.27. The Hall–Kier alpha value is -2.05. The molecule has 1 heterocycles. The van der Waals surface area contributed by atoms with Crippen molar-refractivity contribution in [3.8, 4) is 0 Å². The fourth-order valence-electron chi connectivity index (χ4n) is 2.06. The lowest BCUT2D eigenvalue weighted by Gasteiger charge is -2.13. The van der Waals surface area contributed by atoms with Gasteiger partial charge in [-0.05, 0) is 12.8 Å². The van der Waals surface area contributed by atoms with E-state index < -0.39 is 74.8 Å². The van der Waals surface area contributed by atoms with Crippen LogP contribution in [0.25, 0.3) is 0 Å². The van der Waals surface area contributed by atoms with Crippen LogP contribution < -0.4 is 16.6 Å². The second kappa shape index (κ2) is 9.05. The third kappa shape index (κ3) is 7.45. The van der Waals surface area contributed by atoms with Crippen LogP contribution in [0.2, 0.25) is 0 Å². The zero-order valence-electron chi connectivity index (χ0n) is 13.5. The van der Waals surface area contributed by atoms with Gasteiger partial charge in [-0.15, -0.1) is 5.10 Å². The van der Waals surface area contributed by atoms with Gasteiger partial charge in [0.15, 0.2) is 0 Å². The molecular weight excluding hydrogens is 374 g/mol. The quantitative estimate of drug-likeness (QED) is 0.622. The fraction of sp³-hybridized carbons (Fsp3) is 0.769. The molecule has 1 aromatic heterocycles. The zero-order valence-corrected chi connectivity index (χ0v) is 13.5. The van der Waals surface area contributed by atoms with Gasteiger partial charge in [-0.3, -0.25) is 9.36 Å². The number of aryl methyl sites for hydroxylation is 1. The highest BCUT2D eigenvalue weighted by atomic mass is 19.4. The van der Waals surface area contributed by atoms with Gasteiger partial charge in [0.05, 0.1) is 6.61 Å². The molecule has 0 saturated heterocycles. The summed E-state index contributed by atoms with van der Waals surface area (Å²) < 4.78 is 74.4. The first-order valence-electron chi connectivity index (χ1n) is 7.65. The SMILES string of the molecule is O=c1c(NCCO)nn(CCCC(F)(F)F)c(=O)n1CCCC(F)(F)F. The van der Waals surface area contributed by atoms with Gasteiger partial charge >= 0.3 is 18.0 Å². The fourth-order valence-corrected chi connectivity index (χ4v) is 2.06. The normalized spacial score (nSPS) is 12.4. The molecule has 150 valence electrons. The number of aliphatic hydroxyl groups is 1. The van der Waals surface area contributed by atoms with E-state index in [1.807, 2.05) is 0 Å². The smallest absolute Gasteiger partial charge is 0.389 e. The van der Waals surface area contributed by atoms with Gasteiger partial charge in [-0.2, -0.15) is 26.3 Å². The van der Waals surface area contributed by atoms with Gasteiger partial charge in [0.25, 0.3) is 5.56 Å². The van der Waals surface area contributed by atoms with Crippen molar-refractivity contribution in [2.24, 2.45) is 0 Å². The van der Waals surface area contributed by atoms with Crippen LogP contribution in [0.4, 0.5) is 32.2 Å². The molecule has 26 heavy (non-hydrogen) atoms. The predicted molar refractivity (Wildman–Crippen MR) is 78.9 cm³/mol. The Morgan fingerprint density at radius 3 is 2.00 bits per heavy atom. The molecule has 7 nitrogen and oxygen atoms in total. The first-order chi connectivity index (χ1) is 11.9. The number of nitrogens with one attached hydrogen (secondary N) is 1. The Morgan fingerprint density at radius 1 is 0.962 bits per heavy atom. The first-order valence-corrected chi connectivity index (χ1v) is 7.65. The summed E-state index contributed by atoms with van der Waals surface area (Å²) in [6, 6.07) is 0. The maximum Gasteiger partial charge on any atom is 0.389 e. The van der Waals surface area contributed by atoms with Crippen LogP contribution in [0.1, 0.15) is 25.7 Å². The van der Waals surface area contributed by atoms with E-state index >= 15 is 0 Å². The summed E-state index contributed by atoms with van der Waals surface area (Å²) in [7, 11) is 0. The second-order valence-electron chi connectivity index (χ2n) is 5.40. The Labute approximate surface area is 143 Å². The van der Waals surface area contributed by atoms with Crippen molar-refractivity contribution in [1.82, 2.24) is 14.3 Å². The van der Waals surface area contributed by atoms with Crippen LogP contribution in [-0.4, -0.2) is 45.0 Å². The first kappa shape index (κ1) is 22.0. The van der Waals surface area contributed by atoms with Crippen LogP contribution in [0.5, 0.6) is 0 Å². The lowest BCUT2D eigenvalue weighted by Crippen LogP contribution is -2.43. The number of hydrogen-bond donors (Lipinski definition) is 2. The van der Waals surface area contributed by atoms with E-state index in [0.29, 0.717) is 9.25 Å². The summed E-state index contributed by atoms with van der Waals surface area (Å²) in [6.45, 7) is -1.56. The van der Waals surface area contributed by atoms with Crippen molar-refractivity contribution in [1.29, 1.82) is 0 Å². The molecule has 0 aliphatic carbocycles. The van der Waals surface area contributed by atoms with Gasteiger partial charge in [-0.25, -0.2) is 9.48 Å². The number of halogens is 6. The molecule has 13 heteroatoms. The molecule has 0 atom stereocenters. The maximum atomic E-state index is 12.2. The Morgan fingerprint density at radius 2 is 1.50 bits per heavy atom. The number of nitrogens with zero attached hydrogens (tertiary/aromatic N) is 3. The average Bonchev–Trinajstić information content (AvgIpc) is 2.49. The monoisotopic (exact) mass is 392 g/mol. The number of alkyl halides is 6. The van der Waals surface area contributed by atoms with Gasteiger partial charge in [0, 0.05) is 32.5 Å². The molecule has 0 aromatic carbocycles. The molecule has 0 amide bonds. The van der Waals surface area contributed by atoms with Crippen LogP contribution in [0, 0.1) is 0 Å². The van der Waals surface area contributed by atoms with Crippen molar-refractivity contribution in [2.45, 2.75) is 51.1 Å². The number of aromatic nitrogens is 3. The van der Waals surface area contributed by atoms with Crippen molar-refractivity contribution in [2.75, 3.05) is 18.5 Å². The molecule has 2 N–H and O–H groups in total. The molecule has 0 saturated carbocycles. The van der Waals surface area contributed by atoms with Crippen molar-refractivity contribution >= 4 is 5.82 Å². The highest BCUT2D eigenvalue weighted by molar-refractivity contribution is 5.29. The van der Waals surface area contributed by atoms with E-state index in [1.54, 1.807) is 0 Å². The Balaban J connectivity index is 3.06. The van der Waals surface area contributed by atoms with Crippen LogP contribution in [0.15, 0.2) is 9.59 Å². The topological polar surface area (TPSA) is 89.2 Å². The van der Waals surface area contributed by atoms with E-state index in [1.165, 1.54) is 0 Å². The standard InChI is InChI=1S/C13H18F6N4O3/c14-12(15,16)3-1-6-22-10(25)9(20-5-8-24)21-23(11(22)26)7-2-4-13(17,18)19/h24H,1-8H2,(H,20,21). The molecule has 0 fully saturated rings. The van der Waals surface area contributed by atoms with Crippen molar-refractivity contribution in [3.63, 3.8) is 0 Å². The van der Waals surface area contributed by atoms with Crippen molar-refractivity contribution in [3.05, 3.63) is 20.8 Å². The molecule has 1 rings (SSSR count). The summed E-state index contributed by atoms with van der Waals surface area (Å²) in [4.78, 5) is 24.3. The summed E-state index contributed by atoms with van der Waals surface area (Å²) in [6.07, 6.45) is -12.4. The third-order valence-electron chi connectivity index (χ3n) is 3.20. The second-order valence-corrected chi connectivity index (χ2v) is 5.40. The van der Waals surface area contributed by atoms with E-state index in [2.05, 4.69) is 10.4 Å². The molecule has 0 spiro atoms. The van der Waals surface area contributed by atoms with Crippen LogP contribution in [-0.2, 0) is 13.1 Å². The van der Waals surface area contributed by atoms with Gasteiger partial charge in [-0.1, -0.05) is 0 Å². The number of hydrogen-bond acceptors (Lipinski definition) is 5. The molecular formula is C13H18F6N4O3. The maximum absolute atomic E-state index is 12.2. The van der Waals surface area contributed by atoms with Gasteiger partial charge in [0.1, 0.15) is 0 Å². The number of rotatable bonds is 9. The van der Waals surface area contributed by atoms with Crippen LogP contribution in [0.3, 0.4) is 0 Å². The summed E-state index contributed by atoms with van der Waals surface area (Å²) >= 11 is 0. The molecule has 0 bridgehead atoms. The molecule has 0 aliphatic heterocycles. The Kier molecular flexibility index (Phi) is 7.66. The number of anilines is 1. The van der Waals surface area contributed by atoms with Crippen LogP contribution >= 0.6 is 0 Å². The van der Waals surface area contributed by atoms with Gasteiger partial charge in [0.2, 0.25) is 5.82 Å². The minimum Gasteiger partial charge on any atom is -0.395 e. The van der Waals surface area contributed by atoms with E-state index in [-0.39, 0.29) is 6.54 Å². The molecule has 0 unspecified atom stereocenters. The van der Waals surface area contributed by atoms with E-state index in [0.717, 1.165) is 0 Å². The average molecular weight is 392 g/mol. The summed E-state index contributed by atoms with van der Waals surface area (Å²) in [5.74, 6) is -0.433. The molecule has 0 aliphatic rings. The summed E-state index contributed by atoms with van der Waals surface area (Å²) in [5.41, 5.74) is -2.09.